The lowest BCUT2D eigenvalue weighted by molar-refractivity contribution is -0.309. The van der Waals surface area contributed by atoms with Gasteiger partial charge in [-0.25, -0.2) is 9.97 Å². The first kappa shape index (κ1) is 10.8. The van der Waals surface area contributed by atoms with Crippen molar-refractivity contribution in [2.24, 2.45) is 0 Å². The standard InChI is InChI=1S/C18H11N3/c1-2-6-12-11(5-1)17-15(19-12)9-10-16-18(17)21-14-8-4-3-7-13(14)20-16/h1-10,20H/p+1. The summed E-state index contributed by atoms with van der Waals surface area (Å²) < 4.78 is 0. The molecule has 2 heterocycles. The van der Waals surface area contributed by atoms with Gasteiger partial charge < -0.3 is 4.98 Å². The molecule has 0 atom stereocenters. The van der Waals surface area contributed by atoms with Crippen molar-refractivity contribution in [1.82, 2.24) is 9.97 Å². The summed E-state index contributed by atoms with van der Waals surface area (Å²) in [4.78, 5) is 11.8. The lowest BCUT2D eigenvalue weighted by Gasteiger charge is -1.98. The van der Waals surface area contributed by atoms with Crippen LogP contribution in [0.3, 0.4) is 0 Å². The monoisotopic (exact) mass is 270 g/mol. The average Bonchev–Trinajstić information content (AvgIpc) is 2.92. The smallest absolute Gasteiger partial charge is 0.237 e. The van der Waals surface area contributed by atoms with Crippen LogP contribution in [-0.2, 0) is 0 Å². The fourth-order valence-electron chi connectivity index (χ4n) is 3.08. The van der Waals surface area contributed by atoms with Crippen LogP contribution in [0.2, 0.25) is 0 Å². The van der Waals surface area contributed by atoms with Crippen LogP contribution in [0.1, 0.15) is 0 Å². The summed E-state index contributed by atoms with van der Waals surface area (Å²) in [5.41, 5.74) is 6.49. The number of hydrogen-bond acceptors (Lipinski definition) is 1. The number of benzene rings is 3. The van der Waals surface area contributed by atoms with Gasteiger partial charge in [-0.3, -0.25) is 0 Å². The van der Waals surface area contributed by atoms with E-state index < -0.39 is 0 Å². The number of H-pyrrole nitrogens is 2. The van der Waals surface area contributed by atoms with Gasteiger partial charge in [-0.15, -0.1) is 0 Å². The molecule has 0 amide bonds. The van der Waals surface area contributed by atoms with E-state index in [0.29, 0.717) is 0 Å². The summed E-state index contributed by atoms with van der Waals surface area (Å²) >= 11 is 0. The molecule has 5 aromatic rings. The fraction of sp³-hybridized carbons (Fsp3) is 0. The Labute approximate surface area is 120 Å². The third-order valence-corrected chi connectivity index (χ3v) is 4.05. The summed E-state index contributed by atoms with van der Waals surface area (Å²) in [5, 5.41) is 2.38. The largest absolute Gasteiger partial charge is 0.345 e. The first-order valence-electron chi connectivity index (χ1n) is 7.01. The molecule has 2 N–H and O–H groups in total. The highest BCUT2D eigenvalue weighted by Gasteiger charge is 2.15. The number of nitrogens with one attached hydrogen (secondary N) is 2. The van der Waals surface area contributed by atoms with E-state index in [-0.39, 0.29) is 0 Å². The second-order valence-electron chi connectivity index (χ2n) is 5.31. The number of rotatable bonds is 0. The molecule has 98 valence electrons. The van der Waals surface area contributed by atoms with Crippen LogP contribution >= 0.6 is 0 Å². The Hall–Kier alpha value is -2.94. The molecular weight excluding hydrogens is 258 g/mol. The zero-order valence-electron chi connectivity index (χ0n) is 11.2. The molecule has 2 aromatic heterocycles. The normalized spacial score (nSPS) is 11.8. The van der Waals surface area contributed by atoms with Crippen LogP contribution in [-0.4, -0.2) is 9.97 Å². The van der Waals surface area contributed by atoms with Crippen molar-refractivity contribution in [3.05, 3.63) is 60.7 Å². The highest BCUT2D eigenvalue weighted by molar-refractivity contribution is 6.17. The molecule has 0 aliphatic carbocycles. The number of para-hydroxylation sites is 3. The molecule has 0 aliphatic rings. The molecule has 0 fully saturated rings. The predicted molar refractivity (Wildman–Crippen MR) is 85.2 cm³/mol. The van der Waals surface area contributed by atoms with Gasteiger partial charge in [-0.1, -0.05) is 30.3 Å². The maximum atomic E-state index is 4.71. The van der Waals surface area contributed by atoms with Crippen LogP contribution in [0.5, 0.6) is 0 Å². The molecule has 21 heavy (non-hydrogen) atoms. The van der Waals surface area contributed by atoms with Crippen molar-refractivity contribution in [3.63, 3.8) is 0 Å². The Morgan fingerprint density at radius 2 is 1.62 bits per heavy atom. The van der Waals surface area contributed by atoms with Crippen molar-refractivity contribution in [2.45, 2.75) is 0 Å². The number of aromatic amines is 2. The zero-order chi connectivity index (χ0) is 13.8. The maximum absolute atomic E-state index is 4.71. The summed E-state index contributed by atoms with van der Waals surface area (Å²) in [7, 11) is 0. The third kappa shape index (κ3) is 1.43. The second kappa shape index (κ2) is 3.79. The van der Waals surface area contributed by atoms with Gasteiger partial charge in [-0.05, 0) is 24.3 Å². The van der Waals surface area contributed by atoms with Crippen molar-refractivity contribution >= 4 is 43.9 Å². The Morgan fingerprint density at radius 3 is 2.62 bits per heavy atom. The SMILES string of the molecule is c1ccc2c(c1)nc1ccc3[nH]c4ccccc4[nH+]c3c12. The van der Waals surface area contributed by atoms with Crippen molar-refractivity contribution in [3.8, 4) is 0 Å². The summed E-state index contributed by atoms with van der Waals surface area (Å²) in [5.74, 6) is 0. The highest BCUT2D eigenvalue weighted by atomic mass is 14.8. The number of fused-ring (bicyclic) bond motifs is 6. The molecule has 3 heteroatoms. The fourth-order valence-corrected chi connectivity index (χ4v) is 3.08. The van der Waals surface area contributed by atoms with E-state index in [2.05, 4.69) is 52.4 Å². The molecule has 0 bridgehead atoms. The predicted octanol–water partition coefficient (Wildman–Crippen LogP) is 3.84. The summed E-state index contributed by atoms with van der Waals surface area (Å²) in [6.45, 7) is 0. The Kier molecular flexibility index (Phi) is 1.95. The van der Waals surface area contributed by atoms with Gasteiger partial charge in [0.1, 0.15) is 11.0 Å². The minimum absolute atomic E-state index is 1.03. The van der Waals surface area contributed by atoms with Crippen LogP contribution in [0.25, 0.3) is 43.9 Å². The van der Waals surface area contributed by atoms with Crippen molar-refractivity contribution in [1.29, 1.82) is 0 Å². The van der Waals surface area contributed by atoms with E-state index in [1.54, 1.807) is 0 Å². The molecule has 0 aliphatic heterocycles. The zero-order valence-corrected chi connectivity index (χ0v) is 11.2. The Balaban J connectivity index is 2.09. The maximum Gasteiger partial charge on any atom is 0.237 e. The number of aromatic nitrogens is 3. The highest BCUT2D eigenvalue weighted by Crippen LogP contribution is 2.29. The van der Waals surface area contributed by atoms with Gasteiger partial charge >= 0.3 is 0 Å². The van der Waals surface area contributed by atoms with E-state index >= 15 is 0 Å². The second-order valence-corrected chi connectivity index (χ2v) is 5.31. The number of nitrogens with zero attached hydrogens (tertiary/aromatic N) is 1. The molecule has 0 spiro atoms. The van der Waals surface area contributed by atoms with Gasteiger partial charge in [0.25, 0.3) is 0 Å². The van der Waals surface area contributed by atoms with Gasteiger partial charge in [0.2, 0.25) is 11.0 Å². The molecule has 0 radical (unpaired) electrons. The van der Waals surface area contributed by atoms with Crippen LogP contribution < -0.4 is 4.98 Å². The average molecular weight is 270 g/mol. The molecule has 3 nitrogen and oxygen atoms in total. The van der Waals surface area contributed by atoms with Crippen molar-refractivity contribution in [2.75, 3.05) is 0 Å². The lowest BCUT2D eigenvalue weighted by Crippen LogP contribution is -2.07. The van der Waals surface area contributed by atoms with E-state index in [4.69, 9.17) is 4.98 Å². The summed E-state index contributed by atoms with van der Waals surface area (Å²) in [6.07, 6.45) is 0. The first-order valence-corrected chi connectivity index (χ1v) is 7.01. The quantitative estimate of drug-likeness (QED) is 0.427. The van der Waals surface area contributed by atoms with E-state index in [9.17, 15) is 0 Å². The number of hydrogen-bond donors (Lipinski definition) is 1. The molecule has 5 rings (SSSR count). The van der Waals surface area contributed by atoms with Gasteiger partial charge in [0, 0.05) is 11.5 Å². The Bertz CT molecular complexity index is 1140. The molecule has 0 saturated heterocycles. The van der Waals surface area contributed by atoms with E-state index in [1.165, 1.54) is 10.8 Å². The molecule has 0 saturated carbocycles. The molecular formula is C18H12N3+. The van der Waals surface area contributed by atoms with E-state index in [1.807, 2.05) is 18.2 Å². The summed E-state index contributed by atoms with van der Waals surface area (Å²) in [6, 6.07) is 20.7. The topological polar surface area (TPSA) is 42.8 Å². The van der Waals surface area contributed by atoms with Gasteiger partial charge in [0.15, 0.2) is 0 Å². The first-order chi connectivity index (χ1) is 10.4. The van der Waals surface area contributed by atoms with Crippen LogP contribution in [0, 0.1) is 0 Å². The molecule has 0 unspecified atom stereocenters. The van der Waals surface area contributed by atoms with Gasteiger partial charge in [-0.2, -0.15) is 0 Å². The molecule has 3 aromatic carbocycles. The van der Waals surface area contributed by atoms with Crippen LogP contribution in [0.15, 0.2) is 60.7 Å². The minimum atomic E-state index is 1.03. The van der Waals surface area contributed by atoms with Crippen LogP contribution in [0.4, 0.5) is 0 Å². The minimum Gasteiger partial charge on any atom is -0.345 e. The lowest BCUT2D eigenvalue weighted by atomic mass is 10.1. The van der Waals surface area contributed by atoms with Crippen molar-refractivity contribution < 1.29 is 4.98 Å². The van der Waals surface area contributed by atoms with E-state index in [0.717, 1.165) is 33.1 Å². The third-order valence-electron chi connectivity index (χ3n) is 4.05. The van der Waals surface area contributed by atoms with Gasteiger partial charge in [0.05, 0.1) is 16.4 Å². The Morgan fingerprint density at radius 1 is 0.762 bits per heavy atom.